The SMILES string of the molecule is Cc1ccc(Cl)c(C(=O)c2ccccc2C(=O)O)c1. The van der Waals surface area contributed by atoms with E-state index in [0.29, 0.717) is 10.6 Å². The Kier molecular flexibility index (Phi) is 3.67. The summed E-state index contributed by atoms with van der Waals surface area (Å²) in [6, 6.07) is 11.2. The number of hydrogen-bond donors (Lipinski definition) is 1. The molecule has 0 radical (unpaired) electrons. The minimum absolute atomic E-state index is 0.0231. The quantitative estimate of drug-likeness (QED) is 0.871. The monoisotopic (exact) mass is 274 g/mol. The molecule has 2 aromatic carbocycles. The van der Waals surface area contributed by atoms with Crippen LogP contribution in [0, 0.1) is 6.92 Å². The molecule has 0 aliphatic rings. The van der Waals surface area contributed by atoms with Crippen LogP contribution >= 0.6 is 11.6 Å². The normalized spacial score (nSPS) is 10.2. The molecule has 96 valence electrons. The van der Waals surface area contributed by atoms with Crippen LogP contribution in [0.5, 0.6) is 0 Å². The van der Waals surface area contributed by atoms with Gasteiger partial charge < -0.3 is 5.11 Å². The number of aromatic carboxylic acids is 1. The molecule has 2 aromatic rings. The third-order valence-corrected chi connectivity index (χ3v) is 3.10. The minimum atomic E-state index is -1.13. The Morgan fingerprint density at radius 1 is 1.00 bits per heavy atom. The smallest absolute Gasteiger partial charge is 0.336 e. The highest BCUT2D eigenvalue weighted by molar-refractivity contribution is 6.35. The molecule has 0 amide bonds. The number of carbonyl (C=O) groups is 2. The van der Waals surface area contributed by atoms with E-state index in [4.69, 9.17) is 16.7 Å². The van der Waals surface area contributed by atoms with Gasteiger partial charge >= 0.3 is 5.97 Å². The molecule has 0 aliphatic heterocycles. The zero-order valence-electron chi connectivity index (χ0n) is 10.2. The van der Waals surface area contributed by atoms with E-state index < -0.39 is 5.97 Å². The first-order valence-electron chi connectivity index (χ1n) is 5.64. The maximum atomic E-state index is 12.4. The summed E-state index contributed by atoms with van der Waals surface area (Å²) in [4.78, 5) is 23.5. The molecule has 0 aliphatic carbocycles. The van der Waals surface area contributed by atoms with Gasteiger partial charge in [-0.1, -0.05) is 41.4 Å². The van der Waals surface area contributed by atoms with Crippen molar-refractivity contribution in [3.63, 3.8) is 0 Å². The van der Waals surface area contributed by atoms with Crippen LogP contribution in [-0.4, -0.2) is 16.9 Å². The van der Waals surface area contributed by atoms with E-state index in [2.05, 4.69) is 0 Å². The van der Waals surface area contributed by atoms with Gasteiger partial charge in [-0.3, -0.25) is 4.79 Å². The summed E-state index contributed by atoms with van der Waals surface area (Å²) in [6.45, 7) is 1.84. The first-order valence-corrected chi connectivity index (χ1v) is 6.01. The van der Waals surface area contributed by atoms with Crippen LogP contribution in [0.15, 0.2) is 42.5 Å². The standard InChI is InChI=1S/C15H11ClO3/c1-9-6-7-13(16)12(8-9)14(17)10-4-2-3-5-11(10)15(18)19/h2-8H,1H3,(H,18,19). The van der Waals surface area contributed by atoms with Crippen LogP contribution in [0.1, 0.15) is 31.8 Å². The topological polar surface area (TPSA) is 54.4 Å². The minimum Gasteiger partial charge on any atom is -0.478 e. The molecular formula is C15H11ClO3. The van der Waals surface area contributed by atoms with E-state index in [1.807, 2.05) is 6.92 Å². The van der Waals surface area contributed by atoms with Gasteiger partial charge in [-0.25, -0.2) is 4.79 Å². The highest BCUT2D eigenvalue weighted by Gasteiger charge is 2.19. The van der Waals surface area contributed by atoms with E-state index in [9.17, 15) is 9.59 Å². The molecule has 0 fully saturated rings. The van der Waals surface area contributed by atoms with Crippen molar-refractivity contribution in [3.05, 3.63) is 69.7 Å². The fourth-order valence-electron chi connectivity index (χ4n) is 1.83. The first-order chi connectivity index (χ1) is 9.00. The van der Waals surface area contributed by atoms with Crippen molar-refractivity contribution < 1.29 is 14.7 Å². The number of hydrogen-bond acceptors (Lipinski definition) is 2. The van der Waals surface area contributed by atoms with Crippen molar-refractivity contribution in [2.45, 2.75) is 6.92 Å². The van der Waals surface area contributed by atoms with E-state index in [-0.39, 0.29) is 16.9 Å². The second kappa shape index (κ2) is 5.24. The lowest BCUT2D eigenvalue weighted by Gasteiger charge is -2.07. The fraction of sp³-hybridized carbons (Fsp3) is 0.0667. The maximum Gasteiger partial charge on any atom is 0.336 e. The van der Waals surface area contributed by atoms with Gasteiger partial charge in [0.25, 0.3) is 0 Å². The number of carboxylic acids is 1. The molecule has 0 saturated carbocycles. The van der Waals surface area contributed by atoms with E-state index in [0.717, 1.165) is 5.56 Å². The highest BCUT2D eigenvalue weighted by atomic mass is 35.5. The lowest BCUT2D eigenvalue weighted by Crippen LogP contribution is -2.10. The molecule has 0 saturated heterocycles. The number of carbonyl (C=O) groups excluding carboxylic acids is 1. The Morgan fingerprint density at radius 3 is 2.26 bits per heavy atom. The summed E-state index contributed by atoms with van der Waals surface area (Å²) < 4.78 is 0. The summed E-state index contributed by atoms with van der Waals surface area (Å²) in [5, 5.41) is 9.42. The predicted molar refractivity (Wildman–Crippen MR) is 73.0 cm³/mol. The molecule has 19 heavy (non-hydrogen) atoms. The fourth-order valence-corrected chi connectivity index (χ4v) is 2.03. The van der Waals surface area contributed by atoms with Crippen LogP contribution < -0.4 is 0 Å². The Balaban J connectivity index is 2.56. The largest absolute Gasteiger partial charge is 0.478 e. The van der Waals surface area contributed by atoms with E-state index in [1.165, 1.54) is 12.1 Å². The number of rotatable bonds is 3. The molecule has 2 rings (SSSR count). The second-order valence-corrected chi connectivity index (χ2v) is 4.57. The lowest BCUT2D eigenvalue weighted by atomic mass is 9.97. The first kappa shape index (κ1) is 13.3. The number of ketones is 1. The van der Waals surface area contributed by atoms with Gasteiger partial charge in [0.15, 0.2) is 5.78 Å². The molecule has 0 unspecified atom stereocenters. The van der Waals surface area contributed by atoms with Crippen LogP contribution in [-0.2, 0) is 0 Å². The van der Waals surface area contributed by atoms with Crippen molar-refractivity contribution >= 4 is 23.4 Å². The zero-order valence-corrected chi connectivity index (χ0v) is 10.9. The van der Waals surface area contributed by atoms with Crippen LogP contribution in [0.2, 0.25) is 5.02 Å². The van der Waals surface area contributed by atoms with Gasteiger partial charge in [-0.05, 0) is 25.1 Å². The summed E-state index contributed by atoms with van der Waals surface area (Å²) in [6.07, 6.45) is 0. The number of benzene rings is 2. The van der Waals surface area contributed by atoms with Crippen molar-refractivity contribution in [3.8, 4) is 0 Å². The Bertz CT molecular complexity index is 662. The summed E-state index contributed by atoms with van der Waals surface area (Å²) in [5.74, 6) is -1.51. The zero-order chi connectivity index (χ0) is 14.0. The molecule has 0 spiro atoms. The third-order valence-electron chi connectivity index (χ3n) is 2.77. The van der Waals surface area contributed by atoms with Gasteiger partial charge in [0.05, 0.1) is 10.6 Å². The third kappa shape index (κ3) is 2.66. The molecule has 0 bridgehead atoms. The van der Waals surface area contributed by atoms with Crippen molar-refractivity contribution in [2.75, 3.05) is 0 Å². The van der Waals surface area contributed by atoms with Gasteiger partial charge in [-0.15, -0.1) is 0 Å². The molecule has 1 N–H and O–H groups in total. The Morgan fingerprint density at radius 2 is 1.63 bits per heavy atom. The van der Waals surface area contributed by atoms with E-state index >= 15 is 0 Å². The summed E-state index contributed by atoms with van der Waals surface area (Å²) in [7, 11) is 0. The number of carboxylic acid groups (broad SMARTS) is 1. The average molecular weight is 275 g/mol. The van der Waals surface area contributed by atoms with Crippen LogP contribution in [0.3, 0.4) is 0 Å². The van der Waals surface area contributed by atoms with Crippen molar-refractivity contribution in [1.82, 2.24) is 0 Å². The molecule has 0 aromatic heterocycles. The average Bonchev–Trinajstić information content (AvgIpc) is 2.40. The number of halogens is 1. The Labute approximate surface area is 115 Å². The predicted octanol–water partition coefficient (Wildman–Crippen LogP) is 3.58. The van der Waals surface area contributed by atoms with Crippen molar-refractivity contribution in [2.24, 2.45) is 0 Å². The van der Waals surface area contributed by atoms with Crippen LogP contribution in [0.25, 0.3) is 0 Å². The van der Waals surface area contributed by atoms with Gasteiger partial charge in [0.2, 0.25) is 0 Å². The van der Waals surface area contributed by atoms with Gasteiger partial charge in [-0.2, -0.15) is 0 Å². The van der Waals surface area contributed by atoms with Gasteiger partial charge in [0, 0.05) is 11.1 Å². The summed E-state index contributed by atoms with van der Waals surface area (Å²) >= 11 is 6.00. The molecule has 0 atom stereocenters. The second-order valence-electron chi connectivity index (χ2n) is 4.16. The molecular weight excluding hydrogens is 264 g/mol. The van der Waals surface area contributed by atoms with Gasteiger partial charge in [0.1, 0.15) is 0 Å². The maximum absolute atomic E-state index is 12.4. The molecule has 3 nitrogen and oxygen atoms in total. The molecule has 0 heterocycles. The Hall–Kier alpha value is -2.13. The lowest BCUT2D eigenvalue weighted by molar-refractivity contribution is 0.0693. The van der Waals surface area contributed by atoms with Crippen molar-refractivity contribution in [1.29, 1.82) is 0 Å². The van der Waals surface area contributed by atoms with E-state index in [1.54, 1.807) is 30.3 Å². The summed E-state index contributed by atoms with van der Waals surface area (Å²) in [5.41, 5.74) is 1.32. The van der Waals surface area contributed by atoms with Crippen LogP contribution in [0.4, 0.5) is 0 Å². The number of aryl methyl sites for hydroxylation is 1. The molecule has 4 heteroatoms. The highest BCUT2D eigenvalue weighted by Crippen LogP contribution is 2.22.